The number of hydrogen-bond donors (Lipinski definition) is 2. The van der Waals surface area contributed by atoms with Crippen LogP contribution in [-0.2, 0) is 4.74 Å². The summed E-state index contributed by atoms with van der Waals surface area (Å²) in [5, 5.41) is 3.11. The normalized spacial score (nSPS) is 10.3. The Labute approximate surface area is 118 Å². The maximum Gasteiger partial charge on any atom is 0.255 e. The molecule has 19 heavy (non-hydrogen) atoms. The fourth-order valence-corrected chi connectivity index (χ4v) is 1.69. The summed E-state index contributed by atoms with van der Waals surface area (Å²) in [5.41, 5.74) is 6.41. The lowest BCUT2D eigenvalue weighted by Gasteiger charge is -2.11. The predicted molar refractivity (Wildman–Crippen MR) is 75.9 cm³/mol. The first kappa shape index (κ1) is 15.6. The molecule has 1 amide bonds. The van der Waals surface area contributed by atoms with E-state index in [0.717, 1.165) is 6.42 Å². The van der Waals surface area contributed by atoms with Crippen molar-refractivity contribution in [3.63, 3.8) is 0 Å². The molecular formula is C13H19ClN2O3. The molecule has 0 aliphatic heterocycles. The van der Waals surface area contributed by atoms with Crippen molar-refractivity contribution in [2.45, 2.75) is 13.3 Å². The highest BCUT2D eigenvalue weighted by molar-refractivity contribution is 6.33. The summed E-state index contributed by atoms with van der Waals surface area (Å²) in [5.74, 6) is 0.166. The maximum atomic E-state index is 12.0. The molecule has 0 aliphatic carbocycles. The van der Waals surface area contributed by atoms with E-state index in [1.807, 2.05) is 6.92 Å². The molecular weight excluding hydrogens is 268 g/mol. The molecule has 0 bridgehead atoms. The number of nitrogens with two attached hydrogens (primary N) is 1. The van der Waals surface area contributed by atoms with E-state index in [9.17, 15) is 4.79 Å². The zero-order chi connectivity index (χ0) is 14.3. The monoisotopic (exact) mass is 286 g/mol. The average molecular weight is 287 g/mol. The second-order valence-electron chi connectivity index (χ2n) is 3.88. The lowest BCUT2D eigenvalue weighted by atomic mass is 10.1. The second kappa shape index (κ2) is 7.86. The Bertz CT molecular complexity index is 438. The van der Waals surface area contributed by atoms with E-state index in [0.29, 0.717) is 41.8 Å². The van der Waals surface area contributed by atoms with Gasteiger partial charge in [-0.15, -0.1) is 0 Å². The summed E-state index contributed by atoms with van der Waals surface area (Å²) < 4.78 is 10.3. The van der Waals surface area contributed by atoms with Crippen LogP contribution in [0.5, 0.6) is 5.75 Å². The zero-order valence-electron chi connectivity index (χ0n) is 11.2. The van der Waals surface area contributed by atoms with Crippen molar-refractivity contribution in [2.75, 3.05) is 32.6 Å². The van der Waals surface area contributed by atoms with Gasteiger partial charge < -0.3 is 20.5 Å². The van der Waals surface area contributed by atoms with E-state index < -0.39 is 0 Å². The van der Waals surface area contributed by atoms with E-state index in [1.165, 1.54) is 19.2 Å². The second-order valence-corrected chi connectivity index (χ2v) is 4.29. The number of nitrogens with one attached hydrogen (secondary N) is 1. The Hall–Kier alpha value is -1.46. The Morgan fingerprint density at radius 3 is 2.84 bits per heavy atom. The minimum absolute atomic E-state index is 0.241. The summed E-state index contributed by atoms with van der Waals surface area (Å²) in [6, 6.07) is 3.05. The number of hydrogen-bond acceptors (Lipinski definition) is 4. The minimum atomic E-state index is -0.241. The van der Waals surface area contributed by atoms with Crippen molar-refractivity contribution in [3.8, 4) is 5.75 Å². The first-order valence-corrected chi connectivity index (χ1v) is 6.46. The van der Waals surface area contributed by atoms with Gasteiger partial charge in [-0.25, -0.2) is 0 Å². The van der Waals surface area contributed by atoms with Gasteiger partial charge in [0.2, 0.25) is 0 Å². The standard InChI is InChI=1S/C13H19ClN2O3/c1-3-19-6-4-5-16-13(17)9-7-10(14)11(15)8-12(9)18-2/h7-8H,3-6,15H2,1-2H3,(H,16,17). The van der Waals surface area contributed by atoms with Crippen LogP contribution in [0.2, 0.25) is 5.02 Å². The van der Waals surface area contributed by atoms with Gasteiger partial charge in [-0.1, -0.05) is 11.6 Å². The molecule has 0 saturated heterocycles. The topological polar surface area (TPSA) is 73.6 Å². The third kappa shape index (κ3) is 4.61. The van der Waals surface area contributed by atoms with Gasteiger partial charge in [-0.3, -0.25) is 4.79 Å². The molecule has 0 saturated carbocycles. The molecule has 0 heterocycles. The first-order valence-electron chi connectivity index (χ1n) is 6.09. The summed E-state index contributed by atoms with van der Waals surface area (Å²) >= 11 is 5.91. The van der Waals surface area contributed by atoms with Gasteiger partial charge in [-0.2, -0.15) is 0 Å². The van der Waals surface area contributed by atoms with Crippen LogP contribution in [0.3, 0.4) is 0 Å². The minimum Gasteiger partial charge on any atom is -0.496 e. The van der Waals surface area contributed by atoms with Crippen molar-refractivity contribution in [3.05, 3.63) is 22.7 Å². The van der Waals surface area contributed by atoms with Gasteiger partial charge >= 0.3 is 0 Å². The molecule has 0 spiro atoms. The van der Waals surface area contributed by atoms with Crippen LogP contribution < -0.4 is 15.8 Å². The molecule has 0 unspecified atom stereocenters. The fourth-order valence-electron chi connectivity index (χ4n) is 1.53. The van der Waals surface area contributed by atoms with Gasteiger partial charge in [0.1, 0.15) is 5.75 Å². The number of anilines is 1. The van der Waals surface area contributed by atoms with E-state index in [2.05, 4.69) is 5.32 Å². The molecule has 1 rings (SSSR count). The zero-order valence-corrected chi connectivity index (χ0v) is 11.9. The Balaban J connectivity index is 2.63. The fraction of sp³-hybridized carbons (Fsp3) is 0.462. The number of methoxy groups -OCH3 is 1. The highest BCUT2D eigenvalue weighted by Crippen LogP contribution is 2.28. The van der Waals surface area contributed by atoms with Crippen LogP contribution in [-0.4, -0.2) is 32.8 Å². The molecule has 5 nitrogen and oxygen atoms in total. The number of amides is 1. The molecule has 6 heteroatoms. The van der Waals surface area contributed by atoms with Crippen LogP contribution in [0.25, 0.3) is 0 Å². The summed E-state index contributed by atoms with van der Waals surface area (Å²) in [6.07, 6.45) is 0.755. The van der Waals surface area contributed by atoms with Gasteiger partial charge in [0.05, 0.1) is 23.4 Å². The van der Waals surface area contributed by atoms with Gasteiger partial charge in [0, 0.05) is 25.8 Å². The Kier molecular flexibility index (Phi) is 6.45. The molecule has 0 radical (unpaired) electrons. The van der Waals surface area contributed by atoms with Gasteiger partial charge in [-0.05, 0) is 19.4 Å². The molecule has 0 fully saturated rings. The van der Waals surface area contributed by atoms with Crippen molar-refractivity contribution in [1.29, 1.82) is 0 Å². The summed E-state index contributed by atoms with van der Waals surface area (Å²) in [7, 11) is 1.48. The first-order chi connectivity index (χ1) is 9.10. The smallest absolute Gasteiger partial charge is 0.255 e. The highest BCUT2D eigenvalue weighted by atomic mass is 35.5. The van der Waals surface area contributed by atoms with Crippen LogP contribution in [0.15, 0.2) is 12.1 Å². The van der Waals surface area contributed by atoms with Gasteiger partial charge in [0.15, 0.2) is 0 Å². The van der Waals surface area contributed by atoms with E-state index in [-0.39, 0.29) is 5.91 Å². The van der Waals surface area contributed by atoms with E-state index in [1.54, 1.807) is 0 Å². The number of nitrogen functional groups attached to an aromatic ring is 1. The highest BCUT2D eigenvalue weighted by Gasteiger charge is 2.14. The third-order valence-electron chi connectivity index (χ3n) is 2.52. The number of halogens is 1. The molecule has 3 N–H and O–H groups in total. The van der Waals surface area contributed by atoms with E-state index >= 15 is 0 Å². The van der Waals surface area contributed by atoms with Crippen molar-refractivity contribution in [1.82, 2.24) is 5.32 Å². The van der Waals surface area contributed by atoms with Crippen LogP contribution in [0.1, 0.15) is 23.7 Å². The molecule has 1 aromatic rings. The molecule has 0 atom stereocenters. The van der Waals surface area contributed by atoms with Crippen LogP contribution >= 0.6 is 11.6 Å². The lowest BCUT2D eigenvalue weighted by molar-refractivity contribution is 0.0941. The molecule has 0 aliphatic rings. The molecule has 1 aromatic carbocycles. The maximum absolute atomic E-state index is 12.0. The van der Waals surface area contributed by atoms with Crippen molar-refractivity contribution < 1.29 is 14.3 Å². The van der Waals surface area contributed by atoms with Crippen molar-refractivity contribution >= 4 is 23.2 Å². The lowest BCUT2D eigenvalue weighted by Crippen LogP contribution is -2.25. The number of carbonyl (C=O) groups excluding carboxylic acids is 1. The van der Waals surface area contributed by atoms with Gasteiger partial charge in [0.25, 0.3) is 5.91 Å². The SMILES string of the molecule is CCOCCCNC(=O)c1cc(Cl)c(N)cc1OC. The van der Waals surface area contributed by atoms with Crippen LogP contribution in [0, 0.1) is 0 Å². The Morgan fingerprint density at radius 1 is 1.47 bits per heavy atom. The quantitative estimate of drug-likeness (QED) is 0.594. The summed E-state index contributed by atoms with van der Waals surface area (Å²) in [4.78, 5) is 12.0. The Morgan fingerprint density at radius 2 is 2.21 bits per heavy atom. The number of carbonyl (C=O) groups is 1. The van der Waals surface area contributed by atoms with E-state index in [4.69, 9.17) is 26.8 Å². The van der Waals surface area contributed by atoms with Crippen molar-refractivity contribution in [2.24, 2.45) is 0 Å². The number of benzene rings is 1. The largest absolute Gasteiger partial charge is 0.496 e. The van der Waals surface area contributed by atoms with Crippen LogP contribution in [0.4, 0.5) is 5.69 Å². The number of rotatable bonds is 7. The molecule has 106 valence electrons. The number of ether oxygens (including phenoxy) is 2. The third-order valence-corrected chi connectivity index (χ3v) is 2.85. The molecule has 0 aromatic heterocycles. The summed E-state index contributed by atoms with van der Waals surface area (Å²) in [6.45, 7) is 3.76. The predicted octanol–water partition coefficient (Wildman–Crippen LogP) is 2.09. The average Bonchev–Trinajstić information content (AvgIpc) is 2.40.